The van der Waals surface area contributed by atoms with E-state index in [9.17, 15) is 9.59 Å². The van der Waals surface area contributed by atoms with Crippen LogP contribution in [0, 0.1) is 13.8 Å². The quantitative estimate of drug-likeness (QED) is 0.367. The number of nitrogens with zero attached hydrogens (tertiary/aromatic N) is 4. The summed E-state index contributed by atoms with van der Waals surface area (Å²) in [6.45, 7) is 3.97. The van der Waals surface area contributed by atoms with Gasteiger partial charge in [-0.05, 0) is 37.6 Å². The molecule has 10 heteroatoms. The first kappa shape index (κ1) is 22.7. The normalized spacial score (nSPS) is 10.7. The van der Waals surface area contributed by atoms with Gasteiger partial charge in [0.2, 0.25) is 11.8 Å². The van der Waals surface area contributed by atoms with Crippen molar-refractivity contribution in [2.75, 3.05) is 16.4 Å². The van der Waals surface area contributed by atoms with Gasteiger partial charge < -0.3 is 10.6 Å². The lowest BCUT2D eigenvalue weighted by molar-refractivity contribution is -0.116. The highest BCUT2D eigenvalue weighted by Gasteiger charge is 2.19. The smallest absolute Gasteiger partial charge is 0.236 e. The molecular formula is C23H22N6O2S2. The number of thioether (sulfide) groups is 1. The molecule has 2 heterocycles. The predicted molar refractivity (Wildman–Crippen MR) is 131 cm³/mol. The first-order chi connectivity index (χ1) is 16.0. The van der Waals surface area contributed by atoms with Crippen molar-refractivity contribution >= 4 is 45.7 Å². The molecule has 0 fully saturated rings. The SMILES string of the molecule is Cc1ccc(NC(=O)Cc2nnc(SCC(=O)Nc3nccs3)n2-c2ccccc2)c(C)c1. The van der Waals surface area contributed by atoms with Crippen molar-refractivity contribution in [1.29, 1.82) is 0 Å². The van der Waals surface area contributed by atoms with Crippen LogP contribution in [0.4, 0.5) is 10.8 Å². The van der Waals surface area contributed by atoms with Gasteiger partial charge in [-0.25, -0.2) is 4.98 Å². The van der Waals surface area contributed by atoms with Crippen LogP contribution in [0.25, 0.3) is 5.69 Å². The number of nitrogens with one attached hydrogen (secondary N) is 2. The van der Waals surface area contributed by atoms with Crippen molar-refractivity contribution in [2.24, 2.45) is 0 Å². The first-order valence-corrected chi connectivity index (χ1v) is 12.0. The number of rotatable bonds is 8. The Morgan fingerprint density at radius 1 is 1.03 bits per heavy atom. The van der Waals surface area contributed by atoms with Crippen molar-refractivity contribution in [3.63, 3.8) is 0 Å². The fraction of sp³-hybridized carbons (Fsp3) is 0.174. The molecule has 0 saturated heterocycles. The van der Waals surface area contributed by atoms with E-state index in [4.69, 9.17) is 0 Å². The number of aryl methyl sites for hydroxylation is 2. The maximum Gasteiger partial charge on any atom is 0.236 e. The third-order valence-corrected chi connectivity index (χ3v) is 6.32. The van der Waals surface area contributed by atoms with E-state index in [2.05, 4.69) is 25.8 Å². The molecule has 33 heavy (non-hydrogen) atoms. The minimum Gasteiger partial charge on any atom is -0.325 e. The van der Waals surface area contributed by atoms with Crippen LogP contribution in [0.2, 0.25) is 0 Å². The molecule has 0 unspecified atom stereocenters. The van der Waals surface area contributed by atoms with E-state index in [1.807, 2.05) is 66.9 Å². The van der Waals surface area contributed by atoms with Gasteiger partial charge in [0.05, 0.1) is 12.2 Å². The number of hydrogen-bond donors (Lipinski definition) is 2. The number of carbonyl (C=O) groups is 2. The minimum atomic E-state index is -0.190. The second-order valence-electron chi connectivity index (χ2n) is 7.29. The third kappa shape index (κ3) is 5.85. The molecule has 0 bridgehead atoms. The van der Waals surface area contributed by atoms with Gasteiger partial charge >= 0.3 is 0 Å². The summed E-state index contributed by atoms with van der Waals surface area (Å²) >= 11 is 2.61. The second kappa shape index (κ2) is 10.4. The van der Waals surface area contributed by atoms with Crippen LogP contribution in [0.15, 0.2) is 65.3 Å². The lowest BCUT2D eigenvalue weighted by Crippen LogP contribution is -2.18. The molecule has 2 amide bonds. The first-order valence-electron chi connectivity index (χ1n) is 10.2. The maximum atomic E-state index is 12.8. The number of amides is 2. The van der Waals surface area contributed by atoms with Crippen molar-refractivity contribution < 1.29 is 9.59 Å². The van der Waals surface area contributed by atoms with Gasteiger partial charge in [-0.15, -0.1) is 21.5 Å². The summed E-state index contributed by atoms with van der Waals surface area (Å²) in [4.78, 5) is 29.1. The standard InChI is InChI=1S/C23H22N6O2S2/c1-15-8-9-18(16(2)12-15)25-20(30)13-19-27-28-23(29(19)17-6-4-3-5-7-17)33-14-21(31)26-22-24-10-11-32-22/h3-12H,13-14H2,1-2H3,(H,25,30)(H,24,26,31). The summed E-state index contributed by atoms with van der Waals surface area (Å²) in [6.07, 6.45) is 1.68. The molecular weight excluding hydrogens is 456 g/mol. The van der Waals surface area contributed by atoms with E-state index in [1.165, 1.54) is 23.1 Å². The average molecular weight is 479 g/mol. The Morgan fingerprint density at radius 3 is 2.58 bits per heavy atom. The molecule has 0 spiro atoms. The van der Waals surface area contributed by atoms with E-state index in [0.717, 1.165) is 22.5 Å². The lowest BCUT2D eigenvalue weighted by Gasteiger charge is -2.11. The lowest BCUT2D eigenvalue weighted by atomic mass is 10.1. The predicted octanol–water partition coefficient (Wildman–Crippen LogP) is 4.25. The van der Waals surface area contributed by atoms with E-state index < -0.39 is 0 Å². The zero-order valence-electron chi connectivity index (χ0n) is 18.1. The monoisotopic (exact) mass is 478 g/mol. The van der Waals surface area contributed by atoms with Crippen LogP contribution in [0.5, 0.6) is 0 Å². The molecule has 0 aliphatic carbocycles. The Morgan fingerprint density at radius 2 is 1.85 bits per heavy atom. The molecule has 0 aliphatic heterocycles. The van der Waals surface area contributed by atoms with Gasteiger partial charge in [-0.3, -0.25) is 14.2 Å². The van der Waals surface area contributed by atoms with Gasteiger partial charge in [-0.2, -0.15) is 0 Å². The maximum absolute atomic E-state index is 12.8. The Balaban J connectivity index is 1.51. The van der Waals surface area contributed by atoms with E-state index in [1.54, 1.807) is 11.6 Å². The van der Waals surface area contributed by atoms with Crippen LogP contribution in [-0.2, 0) is 16.0 Å². The van der Waals surface area contributed by atoms with Gasteiger partial charge in [-0.1, -0.05) is 47.7 Å². The summed E-state index contributed by atoms with van der Waals surface area (Å²) in [6, 6.07) is 15.4. The summed E-state index contributed by atoms with van der Waals surface area (Å²) in [5.74, 6) is 0.252. The van der Waals surface area contributed by atoms with Crippen LogP contribution >= 0.6 is 23.1 Å². The van der Waals surface area contributed by atoms with E-state index >= 15 is 0 Å². The molecule has 0 saturated carbocycles. The van der Waals surface area contributed by atoms with Crippen molar-refractivity contribution in [3.05, 3.63) is 77.1 Å². The third-order valence-electron chi connectivity index (χ3n) is 4.70. The highest BCUT2D eigenvalue weighted by Crippen LogP contribution is 2.23. The molecule has 8 nitrogen and oxygen atoms in total. The summed E-state index contributed by atoms with van der Waals surface area (Å²) in [5.41, 5.74) is 3.72. The number of thiazole rings is 1. The summed E-state index contributed by atoms with van der Waals surface area (Å²) in [5, 5.41) is 17.1. The zero-order chi connectivity index (χ0) is 23.2. The Hall–Kier alpha value is -3.50. The van der Waals surface area contributed by atoms with Gasteiger partial charge in [0.1, 0.15) is 5.82 Å². The van der Waals surface area contributed by atoms with Crippen LogP contribution in [-0.4, -0.2) is 37.3 Å². The minimum absolute atomic E-state index is 0.0427. The Bertz CT molecular complexity index is 1260. The molecule has 0 atom stereocenters. The van der Waals surface area contributed by atoms with Crippen molar-refractivity contribution in [1.82, 2.24) is 19.7 Å². The number of para-hydroxylation sites is 1. The second-order valence-corrected chi connectivity index (χ2v) is 9.12. The molecule has 0 radical (unpaired) electrons. The summed E-state index contributed by atoms with van der Waals surface area (Å²) < 4.78 is 1.81. The van der Waals surface area contributed by atoms with E-state index in [0.29, 0.717) is 16.1 Å². The molecule has 2 N–H and O–H groups in total. The fourth-order valence-electron chi connectivity index (χ4n) is 3.21. The molecule has 0 aliphatic rings. The number of hydrogen-bond acceptors (Lipinski definition) is 7. The molecule has 2 aromatic carbocycles. The van der Waals surface area contributed by atoms with Crippen LogP contribution in [0.1, 0.15) is 17.0 Å². The average Bonchev–Trinajstić information content (AvgIpc) is 3.45. The highest BCUT2D eigenvalue weighted by atomic mass is 32.2. The van der Waals surface area contributed by atoms with Gasteiger partial charge in [0.25, 0.3) is 0 Å². The topological polar surface area (TPSA) is 102 Å². The number of carbonyl (C=O) groups excluding carboxylic acids is 2. The molecule has 4 rings (SSSR count). The number of aromatic nitrogens is 4. The molecule has 168 valence electrons. The van der Waals surface area contributed by atoms with E-state index in [-0.39, 0.29) is 24.0 Å². The van der Waals surface area contributed by atoms with Crippen LogP contribution < -0.4 is 10.6 Å². The zero-order valence-corrected chi connectivity index (χ0v) is 19.7. The van der Waals surface area contributed by atoms with Gasteiger partial charge in [0, 0.05) is 23.0 Å². The van der Waals surface area contributed by atoms with Crippen molar-refractivity contribution in [3.8, 4) is 5.69 Å². The highest BCUT2D eigenvalue weighted by molar-refractivity contribution is 7.99. The Labute approximate surface area is 199 Å². The van der Waals surface area contributed by atoms with Crippen LogP contribution in [0.3, 0.4) is 0 Å². The van der Waals surface area contributed by atoms with Gasteiger partial charge in [0.15, 0.2) is 10.3 Å². The summed E-state index contributed by atoms with van der Waals surface area (Å²) in [7, 11) is 0. The largest absolute Gasteiger partial charge is 0.325 e. The Kier molecular flexibility index (Phi) is 7.16. The number of benzene rings is 2. The molecule has 4 aromatic rings. The fourth-order valence-corrected chi connectivity index (χ4v) is 4.52. The number of anilines is 2. The van der Waals surface area contributed by atoms with Crippen molar-refractivity contribution in [2.45, 2.75) is 25.4 Å². The molecule has 2 aromatic heterocycles.